The number of rotatable bonds is 4. The van der Waals surface area contributed by atoms with Crippen LogP contribution in [-0.4, -0.2) is 28.9 Å². The third kappa shape index (κ3) is 2.81. The number of hydrogen-bond acceptors (Lipinski definition) is 2. The van der Waals surface area contributed by atoms with Crippen molar-refractivity contribution in [2.24, 2.45) is 5.92 Å². The van der Waals surface area contributed by atoms with Gasteiger partial charge < -0.3 is 14.4 Å². The van der Waals surface area contributed by atoms with E-state index >= 15 is 0 Å². The Bertz CT molecular complexity index is 641. The van der Waals surface area contributed by atoms with E-state index in [0.717, 1.165) is 49.2 Å². The molecule has 1 aromatic carbocycles. The number of carboxylic acids is 1. The highest BCUT2D eigenvalue weighted by Crippen LogP contribution is 2.28. The van der Waals surface area contributed by atoms with E-state index in [-0.39, 0.29) is 0 Å². The van der Waals surface area contributed by atoms with Gasteiger partial charge in [-0.25, -0.2) is 0 Å². The number of benzene rings is 1. The van der Waals surface area contributed by atoms with Crippen LogP contribution < -0.4 is 0 Å². The molecule has 3 rings (SSSR count). The zero-order valence-electron chi connectivity index (χ0n) is 12.3. The molecule has 0 radical (unpaired) electrons. The molecule has 0 saturated carbocycles. The number of para-hydroxylation sites is 1. The zero-order valence-corrected chi connectivity index (χ0v) is 12.3. The van der Waals surface area contributed by atoms with Crippen LogP contribution in [0.15, 0.2) is 30.3 Å². The number of fused-ring (bicyclic) bond motifs is 1. The lowest BCUT2D eigenvalue weighted by molar-refractivity contribution is -0.138. The summed E-state index contributed by atoms with van der Waals surface area (Å²) in [6.45, 7) is 4.27. The molecular weight excluding hydrogens is 266 g/mol. The standard InChI is InChI=1S/C17H21NO3/c1-12(17(19)20)16-10-14-4-2-3-5-15(14)18(16)11-13-6-8-21-9-7-13/h2-5,10,12-13H,6-9,11H2,1H3,(H,19,20). The lowest BCUT2D eigenvalue weighted by Crippen LogP contribution is -2.22. The molecule has 1 aliphatic rings. The lowest BCUT2D eigenvalue weighted by Gasteiger charge is -2.24. The normalized spacial score (nSPS) is 18.0. The molecule has 21 heavy (non-hydrogen) atoms. The van der Waals surface area contributed by atoms with Crippen LogP contribution in [0, 0.1) is 5.92 Å². The van der Waals surface area contributed by atoms with Gasteiger partial charge in [0.1, 0.15) is 0 Å². The van der Waals surface area contributed by atoms with Gasteiger partial charge in [-0.1, -0.05) is 18.2 Å². The lowest BCUT2D eigenvalue weighted by atomic mass is 9.99. The molecule has 0 spiro atoms. The van der Waals surface area contributed by atoms with E-state index in [2.05, 4.69) is 10.6 Å². The maximum Gasteiger partial charge on any atom is 0.312 e. The fourth-order valence-electron chi connectivity index (χ4n) is 3.11. The third-order valence-electron chi connectivity index (χ3n) is 4.44. The Hall–Kier alpha value is -1.81. The second-order valence-electron chi connectivity index (χ2n) is 5.85. The molecule has 1 unspecified atom stereocenters. The highest BCUT2D eigenvalue weighted by atomic mass is 16.5. The highest BCUT2D eigenvalue weighted by molar-refractivity contribution is 5.84. The molecule has 0 bridgehead atoms. The quantitative estimate of drug-likeness (QED) is 0.939. The van der Waals surface area contributed by atoms with Crippen molar-refractivity contribution in [2.45, 2.75) is 32.2 Å². The molecule has 1 aliphatic heterocycles. The van der Waals surface area contributed by atoms with Crippen LogP contribution in [-0.2, 0) is 16.1 Å². The minimum atomic E-state index is -0.772. The molecule has 1 fully saturated rings. The Kier molecular flexibility index (Phi) is 3.97. The van der Waals surface area contributed by atoms with Crippen molar-refractivity contribution < 1.29 is 14.6 Å². The Labute approximate surface area is 124 Å². The van der Waals surface area contributed by atoms with Crippen molar-refractivity contribution in [1.82, 2.24) is 4.57 Å². The Morgan fingerprint density at radius 1 is 1.38 bits per heavy atom. The monoisotopic (exact) mass is 287 g/mol. The van der Waals surface area contributed by atoms with Gasteiger partial charge in [-0.15, -0.1) is 0 Å². The second-order valence-corrected chi connectivity index (χ2v) is 5.85. The first-order chi connectivity index (χ1) is 10.2. The molecule has 1 saturated heterocycles. The van der Waals surface area contributed by atoms with Crippen molar-refractivity contribution in [3.05, 3.63) is 36.0 Å². The molecule has 112 valence electrons. The molecule has 0 aliphatic carbocycles. The fraction of sp³-hybridized carbons (Fsp3) is 0.471. The first kappa shape index (κ1) is 14.1. The number of carbonyl (C=O) groups is 1. The van der Waals surface area contributed by atoms with E-state index in [9.17, 15) is 9.90 Å². The fourth-order valence-corrected chi connectivity index (χ4v) is 3.11. The van der Waals surface area contributed by atoms with Gasteiger partial charge in [-0.2, -0.15) is 0 Å². The number of ether oxygens (including phenoxy) is 1. The van der Waals surface area contributed by atoms with Gasteiger partial charge in [0.25, 0.3) is 0 Å². The van der Waals surface area contributed by atoms with Crippen LogP contribution in [0.1, 0.15) is 31.4 Å². The van der Waals surface area contributed by atoms with Crippen LogP contribution in [0.4, 0.5) is 0 Å². The van der Waals surface area contributed by atoms with Crippen molar-refractivity contribution in [3.63, 3.8) is 0 Å². The van der Waals surface area contributed by atoms with Gasteiger partial charge in [0.05, 0.1) is 5.92 Å². The topological polar surface area (TPSA) is 51.5 Å². The van der Waals surface area contributed by atoms with Crippen LogP contribution in [0.5, 0.6) is 0 Å². The van der Waals surface area contributed by atoms with Crippen molar-refractivity contribution in [2.75, 3.05) is 13.2 Å². The summed E-state index contributed by atoms with van der Waals surface area (Å²) in [5.74, 6) is -0.697. The maximum atomic E-state index is 11.4. The third-order valence-corrected chi connectivity index (χ3v) is 4.44. The van der Waals surface area contributed by atoms with Gasteiger partial charge in [-0.05, 0) is 43.2 Å². The van der Waals surface area contributed by atoms with E-state index in [0.29, 0.717) is 5.92 Å². The summed E-state index contributed by atoms with van der Waals surface area (Å²) in [5.41, 5.74) is 2.03. The SMILES string of the molecule is CC(C(=O)O)c1cc2ccccc2n1CC1CCOCC1. The van der Waals surface area contributed by atoms with Crippen LogP contribution in [0.3, 0.4) is 0 Å². The van der Waals surface area contributed by atoms with Crippen LogP contribution >= 0.6 is 0 Å². The van der Waals surface area contributed by atoms with E-state index < -0.39 is 11.9 Å². The Morgan fingerprint density at radius 3 is 2.81 bits per heavy atom. The zero-order chi connectivity index (χ0) is 14.8. The highest BCUT2D eigenvalue weighted by Gasteiger charge is 2.23. The molecule has 1 N–H and O–H groups in total. The summed E-state index contributed by atoms with van der Waals surface area (Å²) in [7, 11) is 0. The number of carboxylic acid groups (broad SMARTS) is 1. The molecule has 0 amide bonds. The van der Waals surface area contributed by atoms with Crippen LogP contribution in [0.2, 0.25) is 0 Å². The van der Waals surface area contributed by atoms with Crippen LogP contribution in [0.25, 0.3) is 10.9 Å². The summed E-state index contributed by atoms with van der Waals surface area (Å²) < 4.78 is 7.62. The van der Waals surface area contributed by atoms with Crippen molar-refractivity contribution in [3.8, 4) is 0 Å². The Morgan fingerprint density at radius 2 is 2.10 bits per heavy atom. The maximum absolute atomic E-state index is 11.4. The smallest absolute Gasteiger partial charge is 0.312 e. The summed E-state index contributed by atoms with van der Waals surface area (Å²) in [5, 5.41) is 10.5. The van der Waals surface area contributed by atoms with Crippen molar-refractivity contribution in [1.29, 1.82) is 0 Å². The first-order valence-electron chi connectivity index (χ1n) is 7.55. The number of aromatic nitrogens is 1. The van der Waals surface area contributed by atoms with Gasteiger partial charge in [-0.3, -0.25) is 4.79 Å². The first-order valence-corrected chi connectivity index (χ1v) is 7.55. The minimum absolute atomic E-state index is 0.489. The predicted octanol–water partition coefficient (Wildman–Crippen LogP) is 3.26. The molecule has 1 aromatic heterocycles. The second kappa shape index (κ2) is 5.90. The summed E-state index contributed by atoms with van der Waals surface area (Å²) in [6, 6.07) is 10.2. The largest absolute Gasteiger partial charge is 0.481 e. The summed E-state index contributed by atoms with van der Waals surface area (Å²) >= 11 is 0. The molecule has 2 aromatic rings. The van der Waals surface area contributed by atoms with E-state index in [1.807, 2.05) is 24.3 Å². The molecule has 4 heteroatoms. The van der Waals surface area contributed by atoms with Gasteiger partial charge in [0.2, 0.25) is 0 Å². The Balaban J connectivity index is 2.00. The average molecular weight is 287 g/mol. The van der Waals surface area contributed by atoms with Gasteiger partial charge in [0.15, 0.2) is 0 Å². The molecule has 4 nitrogen and oxygen atoms in total. The number of nitrogens with zero attached hydrogens (tertiary/aromatic N) is 1. The van der Waals surface area contributed by atoms with Gasteiger partial charge >= 0.3 is 5.97 Å². The van der Waals surface area contributed by atoms with E-state index in [1.54, 1.807) is 6.92 Å². The number of aliphatic carboxylic acids is 1. The molecular formula is C17H21NO3. The van der Waals surface area contributed by atoms with Crippen molar-refractivity contribution >= 4 is 16.9 Å². The average Bonchev–Trinajstić information content (AvgIpc) is 2.86. The van der Waals surface area contributed by atoms with E-state index in [4.69, 9.17) is 4.74 Å². The number of hydrogen-bond donors (Lipinski definition) is 1. The summed E-state index contributed by atoms with van der Waals surface area (Å²) in [6.07, 6.45) is 2.10. The van der Waals surface area contributed by atoms with E-state index in [1.165, 1.54) is 0 Å². The van der Waals surface area contributed by atoms with Gasteiger partial charge in [0, 0.05) is 31.0 Å². The summed E-state index contributed by atoms with van der Waals surface area (Å²) in [4.78, 5) is 11.4. The molecule has 1 atom stereocenters. The molecule has 2 heterocycles. The minimum Gasteiger partial charge on any atom is -0.481 e. The predicted molar refractivity (Wildman–Crippen MR) is 81.5 cm³/mol.